The van der Waals surface area contributed by atoms with Crippen LogP contribution < -0.4 is 10.2 Å². The third-order valence-electron chi connectivity index (χ3n) is 3.36. The van der Waals surface area contributed by atoms with Gasteiger partial charge >= 0.3 is 0 Å². The van der Waals surface area contributed by atoms with Crippen molar-refractivity contribution in [3.63, 3.8) is 0 Å². The van der Waals surface area contributed by atoms with Gasteiger partial charge in [-0.15, -0.1) is 10.2 Å². The summed E-state index contributed by atoms with van der Waals surface area (Å²) in [6, 6.07) is 1.44. The fraction of sp³-hybridized carbons (Fsp3) is 0.818. The van der Waals surface area contributed by atoms with Gasteiger partial charge in [-0.05, 0) is 32.6 Å². The van der Waals surface area contributed by atoms with Crippen molar-refractivity contribution in [3.05, 3.63) is 5.01 Å². The van der Waals surface area contributed by atoms with Crippen molar-refractivity contribution >= 4 is 16.5 Å². The predicted octanol–water partition coefficient (Wildman–Crippen LogP) is 1.57. The Morgan fingerprint density at radius 2 is 2.25 bits per heavy atom. The number of nitrogens with one attached hydrogen (secondary N) is 1. The van der Waals surface area contributed by atoms with Crippen molar-refractivity contribution in [2.75, 3.05) is 18.0 Å². The second-order valence-corrected chi connectivity index (χ2v) is 5.94. The molecule has 2 fully saturated rings. The van der Waals surface area contributed by atoms with Crippen LogP contribution in [-0.4, -0.2) is 35.4 Å². The summed E-state index contributed by atoms with van der Waals surface area (Å²) in [5, 5.41) is 14.2. The van der Waals surface area contributed by atoms with Gasteiger partial charge < -0.3 is 10.2 Å². The zero-order valence-corrected chi connectivity index (χ0v) is 10.5. The molecule has 1 aliphatic heterocycles. The molecule has 1 aliphatic carbocycles. The van der Waals surface area contributed by atoms with Crippen molar-refractivity contribution in [1.29, 1.82) is 0 Å². The van der Waals surface area contributed by atoms with Crippen LogP contribution in [0.3, 0.4) is 0 Å². The molecular formula is C11H18N4S. The summed E-state index contributed by atoms with van der Waals surface area (Å²) in [6.07, 6.45) is 5.31. The van der Waals surface area contributed by atoms with Gasteiger partial charge in [0, 0.05) is 25.2 Å². The molecule has 1 aromatic heterocycles. The minimum Gasteiger partial charge on any atom is -0.342 e. The van der Waals surface area contributed by atoms with E-state index in [0.717, 1.165) is 29.3 Å². The van der Waals surface area contributed by atoms with Crippen LogP contribution in [-0.2, 0) is 0 Å². The van der Waals surface area contributed by atoms with E-state index >= 15 is 0 Å². The van der Waals surface area contributed by atoms with Crippen LogP contribution in [0.2, 0.25) is 0 Å². The SMILES string of the molecule is Cc1nnc(N2CCCC2CNC2CC2)s1. The lowest BCUT2D eigenvalue weighted by Crippen LogP contribution is -2.38. The average molecular weight is 238 g/mol. The lowest BCUT2D eigenvalue weighted by molar-refractivity contribution is 0.570. The van der Waals surface area contributed by atoms with Gasteiger partial charge in [0.05, 0.1) is 0 Å². The van der Waals surface area contributed by atoms with Gasteiger partial charge in [-0.2, -0.15) is 0 Å². The Kier molecular flexibility index (Phi) is 2.81. The number of rotatable bonds is 4. The summed E-state index contributed by atoms with van der Waals surface area (Å²) < 4.78 is 0. The average Bonchev–Trinajstić information content (AvgIpc) is 2.82. The molecule has 0 amide bonds. The van der Waals surface area contributed by atoms with Gasteiger partial charge in [0.15, 0.2) is 0 Å². The Balaban J connectivity index is 1.63. The van der Waals surface area contributed by atoms with E-state index in [4.69, 9.17) is 0 Å². The summed E-state index contributed by atoms with van der Waals surface area (Å²) in [4.78, 5) is 2.43. The second kappa shape index (κ2) is 4.30. The number of aryl methyl sites for hydroxylation is 1. The molecule has 1 unspecified atom stereocenters. The molecule has 0 aromatic carbocycles. The molecule has 0 bridgehead atoms. The van der Waals surface area contributed by atoms with E-state index < -0.39 is 0 Å². The van der Waals surface area contributed by atoms with E-state index in [0.29, 0.717) is 6.04 Å². The zero-order valence-electron chi connectivity index (χ0n) is 9.65. The molecule has 3 rings (SSSR count). The Morgan fingerprint density at radius 3 is 2.94 bits per heavy atom. The molecule has 1 saturated heterocycles. The minimum atomic E-state index is 0.632. The van der Waals surface area contributed by atoms with Crippen LogP contribution in [0.4, 0.5) is 5.13 Å². The highest BCUT2D eigenvalue weighted by molar-refractivity contribution is 7.15. The molecular weight excluding hydrogens is 220 g/mol. The lowest BCUT2D eigenvalue weighted by Gasteiger charge is -2.23. The van der Waals surface area contributed by atoms with Gasteiger partial charge in [0.1, 0.15) is 5.01 Å². The standard InChI is InChI=1S/C11H18N4S/c1-8-13-14-11(16-8)15-6-2-3-10(15)7-12-9-4-5-9/h9-10,12H,2-7H2,1H3. The first kappa shape index (κ1) is 10.5. The van der Waals surface area contributed by atoms with Crippen molar-refractivity contribution in [3.8, 4) is 0 Å². The van der Waals surface area contributed by atoms with Crippen LogP contribution >= 0.6 is 11.3 Å². The van der Waals surface area contributed by atoms with E-state index in [1.54, 1.807) is 11.3 Å². The Labute approximate surface area is 100 Å². The predicted molar refractivity (Wildman–Crippen MR) is 66.0 cm³/mol. The molecule has 0 spiro atoms. The van der Waals surface area contributed by atoms with Crippen LogP contribution in [0.25, 0.3) is 0 Å². The Hall–Kier alpha value is -0.680. The number of anilines is 1. The molecule has 2 heterocycles. The summed E-state index contributed by atoms with van der Waals surface area (Å²) in [5.74, 6) is 0. The van der Waals surface area contributed by atoms with Crippen molar-refractivity contribution in [2.24, 2.45) is 0 Å². The maximum atomic E-state index is 4.26. The quantitative estimate of drug-likeness (QED) is 0.864. The maximum Gasteiger partial charge on any atom is 0.208 e. The number of hydrogen-bond acceptors (Lipinski definition) is 5. The fourth-order valence-corrected chi connectivity index (χ4v) is 3.08. The molecule has 2 aliphatic rings. The smallest absolute Gasteiger partial charge is 0.208 e. The van der Waals surface area contributed by atoms with Gasteiger partial charge in [0.25, 0.3) is 0 Å². The van der Waals surface area contributed by atoms with Crippen molar-refractivity contribution in [2.45, 2.75) is 44.7 Å². The molecule has 5 heteroatoms. The summed E-state index contributed by atoms with van der Waals surface area (Å²) >= 11 is 1.71. The summed E-state index contributed by atoms with van der Waals surface area (Å²) in [5.41, 5.74) is 0. The van der Waals surface area contributed by atoms with E-state index in [1.165, 1.54) is 25.7 Å². The number of aromatic nitrogens is 2. The van der Waals surface area contributed by atoms with E-state index in [9.17, 15) is 0 Å². The normalized spacial score (nSPS) is 25.3. The zero-order chi connectivity index (χ0) is 11.0. The lowest BCUT2D eigenvalue weighted by atomic mass is 10.2. The molecule has 16 heavy (non-hydrogen) atoms. The monoisotopic (exact) mass is 238 g/mol. The Bertz CT molecular complexity index is 361. The van der Waals surface area contributed by atoms with Gasteiger partial charge in [-0.25, -0.2) is 0 Å². The molecule has 0 radical (unpaired) electrons. The van der Waals surface area contributed by atoms with Crippen molar-refractivity contribution < 1.29 is 0 Å². The highest BCUT2D eigenvalue weighted by Crippen LogP contribution is 2.28. The van der Waals surface area contributed by atoms with E-state index in [-0.39, 0.29) is 0 Å². The van der Waals surface area contributed by atoms with E-state index in [2.05, 4.69) is 20.4 Å². The molecule has 1 aromatic rings. The Morgan fingerprint density at radius 1 is 1.38 bits per heavy atom. The second-order valence-electron chi connectivity index (χ2n) is 4.78. The topological polar surface area (TPSA) is 41.1 Å². The molecule has 1 atom stereocenters. The minimum absolute atomic E-state index is 0.632. The van der Waals surface area contributed by atoms with E-state index in [1.807, 2.05) is 6.92 Å². The third kappa shape index (κ3) is 2.20. The highest BCUT2D eigenvalue weighted by atomic mass is 32.1. The van der Waals surface area contributed by atoms with Crippen LogP contribution in [0.15, 0.2) is 0 Å². The van der Waals surface area contributed by atoms with Gasteiger partial charge in [-0.1, -0.05) is 11.3 Å². The number of hydrogen-bond donors (Lipinski definition) is 1. The summed E-state index contributed by atoms with van der Waals surface area (Å²) in [7, 11) is 0. The highest BCUT2D eigenvalue weighted by Gasteiger charge is 2.29. The van der Waals surface area contributed by atoms with Gasteiger partial charge in [0.2, 0.25) is 5.13 Å². The van der Waals surface area contributed by atoms with Crippen molar-refractivity contribution in [1.82, 2.24) is 15.5 Å². The van der Waals surface area contributed by atoms with Gasteiger partial charge in [-0.3, -0.25) is 0 Å². The molecule has 88 valence electrons. The van der Waals surface area contributed by atoms with Crippen LogP contribution in [0.5, 0.6) is 0 Å². The first-order valence-electron chi connectivity index (χ1n) is 6.13. The largest absolute Gasteiger partial charge is 0.342 e. The summed E-state index contributed by atoms with van der Waals surface area (Å²) in [6.45, 7) is 4.28. The molecule has 4 nitrogen and oxygen atoms in total. The maximum absolute atomic E-state index is 4.26. The third-order valence-corrected chi connectivity index (χ3v) is 4.23. The fourth-order valence-electron chi connectivity index (χ4n) is 2.29. The molecule has 1 saturated carbocycles. The first-order valence-corrected chi connectivity index (χ1v) is 6.95. The number of nitrogens with zero attached hydrogens (tertiary/aromatic N) is 3. The first-order chi connectivity index (χ1) is 7.83. The van der Waals surface area contributed by atoms with Crippen LogP contribution in [0.1, 0.15) is 30.7 Å². The van der Waals surface area contributed by atoms with Crippen LogP contribution in [0, 0.1) is 6.92 Å². The molecule has 1 N–H and O–H groups in total.